The number of aromatic nitrogens is 3. The largest absolute Gasteiger partial charge is 0.393 e. The van der Waals surface area contributed by atoms with Gasteiger partial charge in [0.15, 0.2) is 11.5 Å². The molecule has 2 aromatic carbocycles. The zero-order valence-corrected chi connectivity index (χ0v) is 18.7. The fraction of sp³-hybridized carbons (Fsp3) is 0.346. The van der Waals surface area contributed by atoms with E-state index in [1.54, 1.807) is 6.20 Å². The number of nitrogens with zero attached hydrogens (tertiary/aromatic N) is 3. The van der Waals surface area contributed by atoms with E-state index in [1.165, 1.54) is 0 Å². The maximum Gasteiger partial charge on any atom is 0.251 e. The van der Waals surface area contributed by atoms with Crippen LogP contribution in [0.4, 0.5) is 5.82 Å². The van der Waals surface area contributed by atoms with Gasteiger partial charge in [-0.05, 0) is 55.9 Å². The van der Waals surface area contributed by atoms with Gasteiger partial charge in [0.2, 0.25) is 0 Å². The van der Waals surface area contributed by atoms with Crippen LogP contribution in [0.15, 0.2) is 60.9 Å². The number of anilines is 1. The highest BCUT2D eigenvalue weighted by atomic mass is 16.3. The number of carbonyl (C=O) groups excluding carboxylic acids is 1. The fourth-order valence-electron chi connectivity index (χ4n) is 4.65. The summed E-state index contributed by atoms with van der Waals surface area (Å²) in [6, 6.07) is 15.9. The Morgan fingerprint density at radius 3 is 2.70 bits per heavy atom. The van der Waals surface area contributed by atoms with Gasteiger partial charge in [-0.25, -0.2) is 9.97 Å². The van der Waals surface area contributed by atoms with Gasteiger partial charge in [0.1, 0.15) is 0 Å². The number of nitrogens with one attached hydrogen (secondary N) is 2. The second-order valence-electron chi connectivity index (χ2n) is 8.78. The lowest BCUT2D eigenvalue weighted by Gasteiger charge is -2.26. The molecule has 0 unspecified atom stereocenters. The first kappa shape index (κ1) is 21.4. The first-order chi connectivity index (χ1) is 16.1. The van der Waals surface area contributed by atoms with Crippen LogP contribution in [0.1, 0.15) is 61.0 Å². The predicted octanol–water partition coefficient (Wildman–Crippen LogP) is 4.48. The molecular formula is C26H29N5O2. The molecule has 0 saturated heterocycles. The molecular weight excluding hydrogens is 414 g/mol. The van der Waals surface area contributed by atoms with Crippen LogP contribution in [0.3, 0.4) is 0 Å². The Bertz CT molecular complexity index is 1260. The number of benzene rings is 2. The van der Waals surface area contributed by atoms with E-state index < -0.39 is 0 Å². The lowest BCUT2D eigenvalue weighted by Crippen LogP contribution is -2.29. The number of hydrogen-bond donors (Lipinski definition) is 3. The van der Waals surface area contributed by atoms with Crippen LogP contribution in [0.5, 0.6) is 0 Å². The summed E-state index contributed by atoms with van der Waals surface area (Å²) in [5.74, 6) is 0.630. The number of amides is 1. The van der Waals surface area contributed by atoms with Crippen molar-refractivity contribution >= 4 is 28.4 Å². The average Bonchev–Trinajstić information content (AvgIpc) is 3.35. The maximum absolute atomic E-state index is 13.1. The van der Waals surface area contributed by atoms with Crippen LogP contribution in [-0.4, -0.2) is 37.5 Å². The number of aliphatic hydroxyl groups excluding tert-OH is 1. The molecule has 1 amide bonds. The summed E-state index contributed by atoms with van der Waals surface area (Å²) in [4.78, 5) is 22.4. The SMILES string of the molecule is CC[C@@H](NC(=O)c1ccc2nc(NC3CCC(O)CC3)c3nccn3c2c1)c1ccccc1. The third-order valence-electron chi connectivity index (χ3n) is 6.54. The Morgan fingerprint density at radius 1 is 1.15 bits per heavy atom. The van der Waals surface area contributed by atoms with Crippen molar-refractivity contribution < 1.29 is 9.90 Å². The van der Waals surface area contributed by atoms with Gasteiger partial charge in [-0.3, -0.25) is 9.20 Å². The second kappa shape index (κ2) is 9.19. The van der Waals surface area contributed by atoms with E-state index in [0.717, 1.165) is 60.2 Å². The minimum absolute atomic E-state index is 0.0404. The van der Waals surface area contributed by atoms with Gasteiger partial charge in [0.25, 0.3) is 5.91 Å². The summed E-state index contributed by atoms with van der Waals surface area (Å²) in [6.07, 6.45) is 7.69. The molecule has 7 heteroatoms. The molecule has 7 nitrogen and oxygen atoms in total. The van der Waals surface area contributed by atoms with E-state index in [2.05, 4.69) is 22.5 Å². The standard InChI is InChI=1S/C26H29N5O2/c1-2-21(17-6-4-3-5-7-17)30-26(33)18-8-13-22-23(16-18)31-15-14-27-25(31)24(29-22)28-19-9-11-20(32)12-10-19/h3-8,13-16,19-21,32H,2,9-12H2,1H3,(H,28,29)(H,30,33)/t19?,20?,21-/m1/s1. The van der Waals surface area contributed by atoms with Crippen molar-refractivity contribution in [2.24, 2.45) is 0 Å². The molecule has 0 bridgehead atoms. The molecule has 170 valence electrons. The van der Waals surface area contributed by atoms with Crippen molar-refractivity contribution in [2.45, 2.75) is 57.2 Å². The monoisotopic (exact) mass is 443 g/mol. The highest BCUT2D eigenvalue weighted by molar-refractivity contribution is 5.98. The molecule has 3 N–H and O–H groups in total. The van der Waals surface area contributed by atoms with Crippen molar-refractivity contribution in [1.82, 2.24) is 19.7 Å². The van der Waals surface area contributed by atoms with Crippen LogP contribution in [0, 0.1) is 0 Å². The smallest absolute Gasteiger partial charge is 0.251 e. The van der Waals surface area contributed by atoms with Gasteiger partial charge in [-0.1, -0.05) is 37.3 Å². The third-order valence-corrected chi connectivity index (χ3v) is 6.54. The minimum atomic E-state index is -0.196. The Morgan fingerprint density at radius 2 is 1.94 bits per heavy atom. The van der Waals surface area contributed by atoms with Gasteiger partial charge in [0, 0.05) is 24.0 Å². The quantitative estimate of drug-likeness (QED) is 0.409. The normalized spacial score (nSPS) is 19.5. The molecule has 2 aromatic heterocycles. The molecule has 33 heavy (non-hydrogen) atoms. The van der Waals surface area contributed by atoms with Crippen LogP contribution in [0.25, 0.3) is 16.7 Å². The summed E-state index contributed by atoms with van der Waals surface area (Å²) in [7, 11) is 0. The van der Waals surface area contributed by atoms with Crippen LogP contribution in [0.2, 0.25) is 0 Å². The summed E-state index contributed by atoms with van der Waals surface area (Å²) >= 11 is 0. The van der Waals surface area contributed by atoms with Crippen molar-refractivity contribution in [3.05, 3.63) is 72.1 Å². The minimum Gasteiger partial charge on any atom is -0.393 e. The van der Waals surface area contributed by atoms with E-state index >= 15 is 0 Å². The molecule has 0 spiro atoms. The Hall–Kier alpha value is -3.45. The molecule has 5 rings (SSSR count). The second-order valence-corrected chi connectivity index (χ2v) is 8.78. The van der Waals surface area contributed by atoms with Crippen LogP contribution in [-0.2, 0) is 0 Å². The first-order valence-electron chi connectivity index (χ1n) is 11.7. The lowest BCUT2D eigenvalue weighted by molar-refractivity contribution is 0.0935. The van der Waals surface area contributed by atoms with Gasteiger partial charge in [0.05, 0.1) is 23.2 Å². The van der Waals surface area contributed by atoms with Crippen molar-refractivity contribution in [3.63, 3.8) is 0 Å². The topological polar surface area (TPSA) is 91.5 Å². The molecule has 1 aliphatic carbocycles. The maximum atomic E-state index is 13.1. The van der Waals surface area contributed by atoms with Gasteiger partial charge >= 0.3 is 0 Å². The molecule has 4 aromatic rings. The van der Waals surface area contributed by atoms with Crippen molar-refractivity contribution in [1.29, 1.82) is 0 Å². The first-order valence-corrected chi connectivity index (χ1v) is 11.7. The summed E-state index contributed by atoms with van der Waals surface area (Å²) in [5, 5.41) is 16.5. The van der Waals surface area contributed by atoms with Crippen molar-refractivity contribution in [2.75, 3.05) is 5.32 Å². The molecule has 2 heterocycles. The number of carbonyl (C=O) groups is 1. The zero-order valence-electron chi connectivity index (χ0n) is 18.7. The number of hydrogen-bond acceptors (Lipinski definition) is 5. The van der Waals surface area contributed by atoms with Crippen LogP contribution >= 0.6 is 0 Å². The Labute approximate surface area is 192 Å². The summed E-state index contributed by atoms with van der Waals surface area (Å²) in [5.41, 5.74) is 4.06. The van der Waals surface area contributed by atoms with E-state index in [0.29, 0.717) is 5.56 Å². The van der Waals surface area contributed by atoms with E-state index in [4.69, 9.17) is 4.98 Å². The number of imidazole rings is 1. The molecule has 0 aliphatic heterocycles. The summed E-state index contributed by atoms with van der Waals surface area (Å²) < 4.78 is 1.98. The number of fused-ring (bicyclic) bond motifs is 3. The van der Waals surface area contributed by atoms with E-state index in [-0.39, 0.29) is 24.1 Å². The zero-order chi connectivity index (χ0) is 22.8. The Balaban J connectivity index is 1.43. The molecule has 1 atom stereocenters. The molecule has 1 fully saturated rings. The fourth-order valence-corrected chi connectivity index (χ4v) is 4.65. The lowest BCUT2D eigenvalue weighted by atomic mass is 9.93. The summed E-state index contributed by atoms with van der Waals surface area (Å²) in [6.45, 7) is 2.07. The highest BCUT2D eigenvalue weighted by Crippen LogP contribution is 2.26. The Kier molecular flexibility index (Phi) is 5.96. The number of aliphatic hydroxyl groups is 1. The highest BCUT2D eigenvalue weighted by Gasteiger charge is 2.21. The van der Waals surface area contributed by atoms with Gasteiger partial charge < -0.3 is 15.7 Å². The van der Waals surface area contributed by atoms with E-state index in [9.17, 15) is 9.90 Å². The third kappa shape index (κ3) is 4.41. The molecule has 1 saturated carbocycles. The molecule has 0 radical (unpaired) electrons. The van der Waals surface area contributed by atoms with Crippen LogP contribution < -0.4 is 10.6 Å². The predicted molar refractivity (Wildman–Crippen MR) is 129 cm³/mol. The van der Waals surface area contributed by atoms with Crippen molar-refractivity contribution in [3.8, 4) is 0 Å². The van der Waals surface area contributed by atoms with Gasteiger partial charge in [-0.15, -0.1) is 0 Å². The average molecular weight is 444 g/mol. The number of rotatable bonds is 6. The van der Waals surface area contributed by atoms with Gasteiger partial charge in [-0.2, -0.15) is 0 Å². The van der Waals surface area contributed by atoms with E-state index in [1.807, 2.05) is 59.1 Å². The molecule has 1 aliphatic rings.